The second-order valence-electron chi connectivity index (χ2n) is 6.81. The van der Waals surface area contributed by atoms with Crippen LogP contribution in [-0.2, 0) is 19.3 Å². The van der Waals surface area contributed by atoms with Gasteiger partial charge in [0.2, 0.25) is 0 Å². The summed E-state index contributed by atoms with van der Waals surface area (Å²) < 4.78 is 0. The van der Waals surface area contributed by atoms with Gasteiger partial charge in [0.1, 0.15) is 0 Å². The minimum absolute atomic E-state index is 0.0576. The minimum atomic E-state index is -0.445. The highest BCUT2D eigenvalue weighted by atomic mass is 16.7. The Morgan fingerprint density at radius 3 is 2.00 bits per heavy atom. The Balaban J connectivity index is 3.96. The van der Waals surface area contributed by atoms with Crippen LogP contribution in [0.5, 0.6) is 0 Å². The van der Waals surface area contributed by atoms with Gasteiger partial charge in [-0.25, -0.2) is 9.59 Å². The number of nitrogens with one attached hydrogen (secondary N) is 2. The average Bonchev–Trinajstić information content (AvgIpc) is 2.42. The Hall–Kier alpha value is -1.66. The van der Waals surface area contributed by atoms with E-state index in [-0.39, 0.29) is 5.41 Å². The maximum Gasteiger partial charge on any atom is 0.351 e. The van der Waals surface area contributed by atoms with Gasteiger partial charge in [-0.1, -0.05) is 33.9 Å². The fraction of sp³-hybridized carbons (Fsp3) is 0.647. The number of hydroxylamine groups is 2. The number of rotatable bonds is 11. The summed E-state index contributed by atoms with van der Waals surface area (Å²) in [7, 11) is 0. The number of carbonyl (C=O) groups is 2. The molecule has 132 valence electrons. The van der Waals surface area contributed by atoms with Crippen LogP contribution in [0.2, 0.25) is 0 Å². The molecular weight excluding hydrogens is 296 g/mol. The van der Waals surface area contributed by atoms with Crippen molar-refractivity contribution in [2.45, 2.75) is 47.5 Å². The standard InChI is InChI=1S/C17H30N2O4/c1-12(2)15(20)22-18-9-8-17(6,7)10-14(5)11-19-23-16(21)13(3)4/h14,18-19H,1,3,8-11H2,2,4-7H3. The Bertz CT molecular complexity index is 444. The van der Waals surface area contributed by atoms with Crippen molar-refractivity contribution in [1.82, 2.24) is 11.0 Å². The van der Waals surface area contributed by atoms with Crippen LogP contribution in [0.1, 0.15) is 47.5 Å². The van der Waals surface area contributed by atoms with E-state index in [1.165, 1.54) is 0 Å². The average molecular weight is 326 g/mol. The van der Waals surface area contributed by atoms with E-state index in [2.05, 4.69) is 44.9 Å². The molecule has 0 heterocycles. The summed E-state index contributed by atoms with van der Waals surface area (Å²) in [5.74, 6) is -0.569. The molecule has 0 aliphatic rings. The molecule has 0 fully saturated rings. The third-order valence-electron chi connectivity index (χ3n) is 3.26. The molecule has 0 spiro atoms. The predicted molar refractivity (Wildman–Crippen MR) is 90.0 cm³/mol. The molecule has 0 saturated carbocycles. The van der Waals surface area contributed by atoms with Crippen LogP contribution in [0.15, 0.2) is 24.3 Å². The molecule has 0 aliphatic heterocycles. The van der Waals surface area contributed by atoms with Crippen LogP contribution in [0.3, 0.4) is 0 Å². The third kappa shape index (κ3) is 10.7. The van der Waals surface area contributed by atoms with Gasteiger partial charge in [-0.15, -0.1) is 0 Å². The van der Waals surface area contributed by atoms with Gasteiger partial charge in [0.05, 0.1) is 0 Å². The summed E-state index contributed by atoms with van der Waals surface area (Å²) in [6, 6.07) is 0. The third-order valence-corrected chi connectivity index (χ3v) is 3.26. The van der Waals surface area contributed by atoms with Crippen LogP contribution in [0, 0.1) is 11.3 Å². The molecule has 1 unspecified atom stereocenters. The minimum Gasteiger partial charge on any atom is -0.367 e. The van der Waals surface area contributed by atoms with Gasteiger partial charge in [-0.2, -0.15) is 11.0 Å². The first-order chi connectivity index (χ1) is 10.5. The fourth-order valence-corrected chi connectivity index (χ4v) is 2.05. The molecule has 1 atom stereocenters. The van der Waals surface area contributed by atoms with Gasteiger partial charge in [0.15, 0.2) is 0 Å². The first-order valence-electron chi connectivity index (χ1n) is 7.74. The Morgan fingerprint density at radius 2 is 1.52 bits per heavy atom. The molecule has 0 aromatic carbocycles. The smallest absolute Gasteiger partial charge is 0.351 e. The van der Waals surface area contributed by atoms with Crippen LogP contribution in [0.25, 0.3) is 0 Å². The van der Waals surface area contributed by atoms with Crippen molar-refractivity contribution in [3.05, 3.63) is 24.3 Å². The van der Waals surface area contributed by atoms with Crippen molar-refractivity contribution < 1.29 is 19.3 Å². The topological polar surface area (TPSA) is 76.7 Å². The van der Waals surface area contributed by atoms with E-state index in [1.54, 1.807) is 13.8 Å². The Morgan fingerprint density at radius 1 is 1.04 bits per heavy atom. The molecule has 0 aliphatic carbocycles. The number of hydrogen-bond acceptors (Lipinski definition) is 6. The Labute approximate surface area is 139 Å². The molecule has 0 aromatic heterocycles. The maximum absolute atomic E-state index is 11.2. The van der Waals surface area contributed by atoms with E-state index in [1.807, 2.05) is 0 Å². The van der Waals surface area contributed by atoms with Gasteiger partial charge in [-0.3, -0.25) is 0 Å². The SMILES string of the molecule is C=C(C)C(=O)ONCCC(C)(C)CC(C)CNOC(=O)C(=C)C. The molecule has 0 amide bonds. The summed E-state index contributed by atoms with van der Waals surface area (Å²) >= 11 is 0. The van der Waals surface area contributed by atoms with E-state index >= 15 is 0 Å². The number of carbonyl (C=O) groups excluding carboxylic acids is 2. The molecule has 23 heavy (non-hydrogen) atoms. The van der Waals surface area contributed by atoms with E-state index < -0.39 is 11.9 Å². The van der Waals surface area contributed by atoms with Crippen LogP contribution >= 0.6 is 0 Å². The lowest BCUT2D eigenvalue weighted by Crippen LogP contribution is -2.30. The zero-order chi connectivity index (χ0) is 18.0. The van der Waals surface area contributed by atoms with Crippen molar-refractivity contribution >= 4 is 11.9 Å². The summed E-state index contributed by atoms with van der Waals surface area (Å²) in [5, 5.41) is 0. The quantitative estimate of drug-likeness (QED) is 0.345. The van der Waals surface area contributed by atoms with Crippen molar-refractivity contribution in [3.63, 3.8) is 0 Å². The summed E-state index contributed by atoms with van der Waals surface area (Å²) in [6.07, 6.45) is 1.77. The molecule has 0 saturated heterocycles. The van der Waals surface area contributed by atoms with Gasteiger partial charge in [-0.05, 0) is 38.0 Å². The van der Waals surface area contributed by atoms with Gasteiger partial charge >= 0.3 is 11.9 Å². The first kappa shape index (κ1) is 21.3. The summed E-state index contributed by atoms with van der Waals surface area (Å²) in [5.41, 5.74) is 6.12. The van der Waals surface area contributed by atoms with E-state index in [0.29, 0.717) is 30.2 Å². The molecule has 0 bridgehead atoms. The lowest BCUT2D eigenvalue weighted by atomic mass is 9.80. The lowest BCUT2D eigenvalue weighted by molar-refractivity contribution is -0.147. The number of hydrogen-bond donors (Lipinski definition) is 2. The maximum atomic E-state index is 11.2. The largest absolute Gasteiger partial charge is 0.367 e. The van der Waals surface area contributed by atoms with Crippen molar-refractivity contribution in [3.8, 4) is 0 Å². The normalized spacial score (nSPS) is 12.4. The zero-order valence-electron chi connectivity index (χ0n) is 15.0. The highest BCUT2D eigenvalue weighted by molar-refractivity contribution is 5.87. The molecular formula is C17H30N2O4. The zero-order valence-corrected chi connectivity index (χ0v) is 15.0. The highest BCUT2D eigenvalue weighted by Gasteiger charge is 2.21. The Kier molecular flexibility index (Phi) is 9.44. The van der Waals surface area contributed by atoms with Crippen LogP contribution in [-0.4, -0.2) is 25.0 Å². The molecule has 0 radical (unpaired) electrons. The van der Waals surface area contributed by atoms with Gasteiger partial charge in [0, 0.05) is 24.2 Å². The van der Waals surface area contributed by atoms with Crippen LogP contribution in [0.4, 0.5) is 0 Å². The van der Waals surface area contributed by atoms with E-state index in [0.717, 1.165) is 12.8 Å². The van der Waals surface area contributed by atoms with Crippen LogP contribution < -0.4 is 11.0 Å². The van der Waals surface area contributed by atoms with Crippen molar-refractivity contribution in [1.29, 1.82) is 0 Å². The van der Waals surface area contributed by atoms with Crippen molar-refractivity contribution in [2.75, 3.05) is 13.1 Å². The molecule has 6 nitrogen and oxygen atoms in total. The summed E-state index contributed by atoms with van der Waals surface area (Å²) in [6.45, 7) is 17.7. The van der Waals surface area contributed by atoms with E-state index in [9.17, 15) is 9.59 Å². The lowest BCUT2D eigenvalue weighted by Gasteiger charge is -2.28. The van der Waals surface area contributed by atoms with Gasteiger partial charge < -0.3 is 9.68 Å². The fourth-order valence-electron chi connectivity index (χ4n) is 2.05. The second-order valence-corrected chi connectivity index (χ2v) is 6.81. The molecule has 6 heteroatoms. The monoisotopic (exact) mass is 326 g/mol. The predicted octanol–water partition coefficient (Wildman–Crippen LogP) is 2.68. The second kappa shape index (κ2) is 10.2. The highest BCUT2D eigenvalue weighted by Crippen LogP contribution is 2.28. The summed E-state index contributed by atoms with van der Waals surface area (Å²) in [4.78, 5) is 32.2. The molecule has 0 aromatic rings. The van der Waals surface area contributed by atoms with Gasteiger partial charge in [0.25, 0.3) is 0 Å². The van der Waals surface area contributed by atoms with E-state index in [4.69, 9.17) is 9.68 Å². The van der Waals surface area contributed by atoms with Crippen molar-refractivity contribution in [2.24, 2.45) is 11.3 Å². The molecule has 2 N–H and O–H groups in total. The molecule has 0 rings (SSSR count). The first-order valence-corrected chi connectivity index (χ1v) is 7.74.